The Morgan fingerprint density at radius 3 is 2.70 bits per heavy atom. The molecule has 2 aromatic heterocycles. The summed E-state index contributed by atoms with van der Waals surface area (Å²) in [5, 5.41) is 11.0. The zero-order chi connectivity index (χ0) is 14.7. The lowest BCUT2D eigenvalue weighted by Gasteiger charge is -2.11. The Labute approximate surface area is 115 Å². The fraction of sp³-hybridized carbons (Fsp3) is 0.333. The minimum absolute atomic E-state index is 0.0887. The molecule has 0 aliphatic carbocycles. The van der Waals surface area contributed by atoms with E-state index >= 15 is 0 Å². The summed E-state index contributed by atoms with van der Waals surface area (Å²) >= 11 is 0. The second-order valence-electron chi connectivity index (χ2n) is 4.00. The van der Waals surface area contributed by atoms with Gasteiger partial charge in [0.05, 0.1) is 14.2 Å². The maximum atomic E-state index is 11.0. The molecule has 0 bridgehead atoms. The maximum Gasteiger partial charge on any atom is 0.343 e. The van der Waals surface area contributed by atoms with Gasteiger partial charge < -0.3 is 19.6 Å². The quantitative estimate of drug-likeness (QED) is 0.608. The van der Waals surface area contributed by atoms with Crippen LogP contribution in [0.3, 0.4) is 0 Å². The van der Waals surface area contributed by atoms with E-state index in [4.69, 9.17) is 9.47 Å². The lowest BCUT2D eigenvalue weighted by molar-refractivity contribution is -0.392. The van der Waals surface area contributed by atoms with E-state index < -0.39 is 4.92 Å². The van der Waals surface area contributed by atoms with Crippen LogP contribution in [-0.2, 0) is 6.54 Å². The number of hydrogen-bond acceptors (Lipinski definition) is 6. The van der Waals surface area contributed by atoms with Crippen molar-refractivity contribution in [2.45, 2.75) is 13.5 Å². The molecule has 8 nitrogen and oxygen atoms in total. The van der Waals surface area contributed by atoms with Gasteiger partial charge in [0.15, 0.2) is 17.3 Å². The lowest BCUT2D eigenvalue weighted by atomic mass is 10.3. The number of methoxy groups -OCH3 is 2. The van der Waals surface area contributed by atoms with Gasteiger partial charge in [-0.25, -0.2) is 9.55 Å². The summed E-state index contributed by atoms with van der Waals surface area (Å²) in [6.07, 6.45) is 2.79. The second-order valence-corrected chi connectivity index (χ2v) is 4.00. The number of aryl methyl sites for hydroxylation is 1. The highest BCUT2D eigenvalue weighted by atomic mass is 16.6. The molecule has 0 N–H and O–H groups in total. The third-order valence-electron chi connectivity index (χ3n) is 2.90. The predicted octanol–water partition coefficient (Wildman–Crippen LogP) is 1.56. The molecule has 106 valence electrons. The summed E-state index contributed by atoms with van der Waals surface area (Å²) in [5.74, 6) is 1.42. The maximum absolute atomic E-state index is 11.0. The van der Waals surface area contributed by atoms with Crippen molar-refractivity contribution in [1.82, 2.24) is 14.5 Å². The van der Waals surface area contributed by atoms with Crippen LogP contribution in [0.4, 0.5) is 5.82 Å². The number of aromatic nitrogens is 3. The molecule has 2 aromatic rings. The van der Waals surface area contributed by atoms with E-state index in [2.05, 4.69) is 9.97 Å². The number of nitro groups is 1. The van der Waals surface area contributed by atoms with Crippen LogP contribution in [0.25, 0.3) is 0 Å². The first kappa shape index (κ1) is 13.8. The highest BCUT2D eigenvalue weighted by Gasteiger charge is 2.21. The average Bonchev–Trinajstić information content (AvgIpc) is 2.80. The Bertz CT molecular complexity index is 638. The Balaban J connectivity index is 2.45. The zero-order valence-corrected chi connectivity index (χ0v) is 11.4. The molecule has 0 unspecified atom stereocenters. The molecule has 0 fully saturated rings. The van der Waals surface area contributed by atoms with Crippen molar-refractivity contribution in [1.29, 1.82) is 0 Å². The van der Waals surface area contributed by atoms with Crippen LogP contribution >= 0.6 is 0 Å². The standard InChI is InChI=1S/C12H14N4O4/c1-8-14-6-11(16(17)18)15(8)7-9-12(20-3)10(19-2)4-5-13-9/h4-6H,7H2,1-3H3. The molecule has 0 atom stereocenters. The van der Waals surface area contributed by atoms with Gasteiger partial charge in [-0.1, -0.05) is 0 Å². The summed E-state index contributed by atoms with van der Waals surface area (Å²) in [6.45, 7) is 1.88. The zero-order valence-electron chi connectivity index (χ0n) is 11.4. The van der Waals surface area contributed by atoms with Crippen molar-refractivity contribution >= 4 is 5.82 Å². The fourth-order valence-corrected chi connectivity index (χ4v) is 1.91. The largest absolute Gasteiger partial charge is 0.493 e. The van der Waals surface area contributed by atoms with Crippen LogP contribution in [0.5, 0.6) is 11.5 Å². The Hall–Kier alpha value is -2.64. The van der Waals surface area contributed by atoms with Gasteiger partial charge in [-0.3, -0.25) is 4.98 Å². The summed E-state index contributed by atoms with van der Waals surface area (Å²) in [7, 11) is 3.02. The number of ether oxygens (including phenoxy) is 2. The summed E-state index contributed by atoms with van der Waals surface area (Å²) in [5.41, 5.74) is 0.538. The summed E-state index contributed by atoms with van der Waals surface area (Å²) in [6, 6.07) is 1.66. The highest BCUT2D eigenvalue weighted by molar-refractivity contribution is 5.43. The second kappa shape index (κ2) is 5.55. The van der Waals surface area contributed by atoms with E-state index in [-0.39, 0.29) is 12.4 Å². The third-order valence-corrected chi connectivity index (χ3v) is 2.90. The Morgan fingerprint density at radius 2 is 2.10 bits per heavy atom. The highest BCUT2D eigenvalue weighted by Crippen LogP contribution is 2.30. The van der Waals surface area contributed by atoms with Gasteiger partial charge in [-0.15, -0.1) is 0 Å². The van der Waals surface area contributed by atoms with Crippen molar-refractivity contribution in [2.24, 2.45) is 0 Å². The minimum atomic E-state index is -0.480. The van der Waals surface area contributed by atoms with Crippen LogP contribution in [0.15, 0.2) is 18.5 Å². The number of nitrogens with zero attached hydrogens (tertiary/aromatic N) is 4. The predicted molar refractivity (Wildman–Crippen MR) is 70.1 cm³/mol. The molecule has 0 aromatic carbocycles. The topological polar surface area (TPSA) is 92.3 Å². The molecule has 8 heteroatoms. The monoisotopic (exact) mass is 278 g/mol. The van der Waals surface area contributed by atoms with E-state index in [1.54, 1.807) is 19.2 Å². The van der Waals surface area contributed by atoms with Crippen molar-refractivity contribution < 1.29 is 14.4 Å². The summed E-state index contributed by atoms with van der Waals surface area (Å²) < 4.78 is 11.9. The van der Waals surface area contributed by atoms with Gasteiger partial charge in [0, 0.05) is 19.2 Å². The normalized spacial score (nSPS) is 10.3. The van der Waals surface area contributed by atoms with Crippen LogP contribution < -0.4 is 9.47 Å². The van der Waals surface area contributed by atoms with E-state index in [0.717, 1.165) is 0 Å². The van der Waals surface area contributed by atoms with E-state index in [0.29, 0.717) is 23.0 Å². The first-order valence-corrected chi connectivity index (χ1v) is 5.80. The van der Waals surface area contributed by atoms with E-state index in [9.17, 15) is 10.1 Å². The van der Waals surface area contributed by atoms with Crippen LogP contribution in [0.1, 0.15) is 11.5 Å². The molecule has 0 saturated carbocycles. The van der Waals surface area contributed by atoms with Crippen molar-refractivity contribution in [2.75, 3.05) is 14.2 Å². The SMILES string of the molecule is COc1ccnc(Cn2c([N+](=O)[O-])cnc2C)c1OC. The molecule has 0 radical (unpaired) electrons. The molecule has 0 saturated heterocycles. The average molecular weight is 278 g/mol. The van der Waals surface area contributed by atoms with E-state index in [1.807, 2.05) is 0 Å². The van der Waals surface area contributed by atoms with Crippen LogP contribution in [0, 0.1) is 17.0 Å². The van der Waals surface area contributed by atoms with Gasteiger partial charge in [0.25, 0.3) is 0 Å². The van der Waals surface area contributed by atoms with Gasteiger partial charge in [-0.2, -0.15) is 0 Å². The molecule has 20 heavy (non-hydrogen) atoms. The van der Waals surface area contributed by atoms with Crippen LogP contribution in [-0.4, -0.2) is 33.7 Å². The third kappa shape index (κ3) is 2.40. The first-order chi connectivity index (χ1) is 9.58. The molecular weight excluding hydrogens is 264 g/mol. The van der Waals surface area contributed by atoms with Crippen molar-refractivity contribution in [3.63, 3.8) is 0 Å². The van der Waals surface area contributed by atoms with Gasteiger partial charge in [0.2, 0.25) is 0 Å². The van der Waals surface area contributed by atoms with Crippen LogP contribution in [0.2, 0.25) is 0 Å². The van der Waals surface area contributed by atoms with Gasteiger partial charge in [-0.05, 0) is 4.92 Å². The molecule has 2 heterocycles. The number of imidazole rings is 1. The number of hydrogen-bond donors (Lipinski definition) is 0. The van der Waals surface area contributed by atoms with Gasteiger partial charge >= 0.3 is 5.82 Å². The molecule has 0 aliphatic heterocycles. The minimum Gasteiger partial charge on any atom is -0.493 e. The number of rotatable bonds is 5. The van der Waals surface area contributed by atoms with E-state index in [1.165, 1.54) is 25.0 Å². The smallest absolute Gasteiger partial charge is 0.343 e. The molecule has 0 aliphatic rings. The lowest BCUT2D eigenvalue weighted by Crippen LogP contribution is -2.09. The fourth-order valence-electron chi connectivity index (χ4n) is 1.91. The summed E-state index contributed by atoms with van der Waals surface area (Å²) in [4.78, 5) is 18.6. The number of pyridine rings is 1. The van der Waals surface area contributed by atoms with Crippen molar-refractivity contribution in [3.05, 3.63) is 40.1 Å². The molecule has 0 spiro atoms. The van der Waals surface area contributed by atoms with Gasteiger partial charge in [0.1, 0.15) is 18.4 Å². The molecule has 2 rings (SSSR count). The molecular formula is C12H14N4O4. The Morgan fingerprint density at radius 1 is 1.35 bits per heavy atom. The van der Waals surface area contributed by atoms with Crippen molar-refractivity contribution in [3.8, 4) is 11.5 Å². The first-order valence-electron chi connectivity index (χ1n) is 5.80. The molecule has 0 amide bonds. The Kier molecular flexibility index (Phi) is 3.83.